The summed E-state index contributed by atoms with van der Waals surface area (Å²) >= 11 is 0. The summed E-state index contributed by atoms with van der Waals surface area (Å²) in [6, 6.07) is 0. The Morgan fingerprint density at radius 2 is 1.90 bits per heavy atom. The zero-order chi connectivity index (χ0) is 27.7. The fourth-order valence-electron chi connectivity index (χ4n) is 9.62. The van der Waals surface area contributed by atoms with Crippen LogP contribution in [0.4, 0.5) is 0 Å². The number of aliphatic hydroxyl groups excluding tert-OH is 1. The van der Waals surface area contributed by atoms with Crippen molar-refractivity contribution in [3.05, 3.63) is 23.8 Å². The van der Waals surface area contributed by atoms with E-state index in [2.05, 4.69) is 13.8 Å². The number of allylic oxidation sites excluding steroid dienone is 4. The zero-order valence-electron chi connectivity index (χ0n) is 23.8. The standard InChI is InChI=1S/C32H44O7/c1-18(2)28(36)37-17-25(35)32-26(38-29(39-32)19-8-6-5-7-9-19)15-23-22-11-10-20-14-21(33)12-13-30(20,3)27(22)24(34)16-31(23,32)4/h12-14,18-19,22-24,26-27,29,34H,5-11,15-17H2,1-4H3/t22-,23-,24+,26-,27+,29+,30+,31+,32+/m1/s1. The molecule has 0 aromatic rings. The molecule has 7 nitrogen and oxygen atoms in total. The lowest BCUT2D eigenvalue weighted by atomic mass is 9.46. The van der Waals surface area contributed by atoms with Gasteiger partial charge >= 0.3 is 5.97 Å². The molecule has 214 valence electrons. The lowest BCUT2D eigenvalue weighted by molar-refractivity contribution is -0.210. The molecule has 0 spiro atoms. The molecule has 0 bridgehead atoms. The maximum Gasteiger partial charge on any atom is 0.308 e. The van der Waals surface area contributed by atoms with E-state index in [1.807, 2.05) is 6.08 Å². The number of carbonyl (C=O) groups is 3. The number of hydrogen-bond acceptors (Lipinski definition) is 7. The second kappa shape index (κ2) is 9.63. The number of fused-ring (bicyclic) bond motifs is 7. The second-order valence-electron chi connectivity index (χ2n) is 13.9. The number of ether oxygens (including phenoxy) is 3. The van der Waals surface area contributed by atoms with Crippen molar-refractivity contribution in [2.75, 3.05) is 6.61 Å². The summed E-state index contributed by atoms with van der Waals surface area (Å²) in [5.41, 5.74) is -1.19. The SMILES string of the molecule is CC(C)C(=O)OCC(=O)[C@]12O[C@@H](C3CCCCC3)O[C@@H]1C[C@@H]1[C@H]3CCC4=CC(=O)C=C[C@]4(C)[C@@H]3[C@@H](O)C[C@@]12C. The third-order valence-electron chi connectivity index (χ3n) is 11.5. The van der Waals surface area contributed by atoms with Crippen molar-refractivity contribution in [2.24, 2.45) is 40.4 Å². The van der Waals surface area contributed by atoms with Crippen molar-refractivity contribution in [1.82, 2.24) is 0 Å². The predicted molar refractivity (Wildman–Crippen MR) is 143 cm³/mol. The minimum Gasteiger partial charge on any atom is -0.457 e. The highest BCUT2D eigenvalue weighted by molar-refractivity contribution is 6.01. The summed E-state index contributed by atoms with van der Waals surface area (Å²) in [5, 5.41) is 11.9. The summed E-state index contributed by atoms with van der Waals surface area (Å²) in [6.45, 7) is 7.44. The molecule has 1 saturated heterocycles. The fraction of sp³-hybridized carbons (Fsp3) is 0.781. The number of aliphatic hydroxyl groups is 1. The van der Waals surface area contributed by atoms with Gasteiger partial charge in [-0.1, -0.05) is 58.6 Å². The topological polar surface area (TPSA) is 99.1 Å². The van der Waals surface area contributed by atoms with Gasteiger partial charge in [0.2, 0.25) is 5.78 Å². The Morgan fingerprint density at radius 3 is 2.62 bits per heavy atom. The van der Waals surface area contributed by atoms with E-state index in [-0.39, 0.29) is 53.2 Å². The van der Waals surface area contributed by atoms with E-state index in [0.29, 0.717) is 12.8 Å². The van der Waals surface area contributed by atoms with Gasteiger partial charge in [-0.25, -0.2) is 0 Å². The molecule has 0 aromatic carbocycles. The van der Waals surface area contributed by atoms with Crippen molar-refractivity contribution in [2.45, 2.75) is 110 Å². The first-order valence-electron chi connectivity index (χ1n) is 15.2. The number of carbonyl (C=O) groups excluding carboxylic acids is 3. The molecule has 6 rings (SSSR count). The van der Waals surface area contributed by atoms with Crippen molar-refractivity contribution in [3.63, 3.8) is 0 Å². The van der Waals surface area contributed by atoms with Crippen LogP contribution < -0.4 is 0 Å². The molecule has 39 heavy (non-hydrogen) atoms. The number of ketones is 2. The first-order valence-corrected chi connectivity index (χ1v) is 15.2. The van der Waals surface area contributed by atoms with E-state index in [9.17, 15) is 19.5 Å². The molecule has 5 fully saturated rings. The van der Waals surface area contributed by atoms with Crippen LogP contribution in [0.15, 0.2) is 23.8 Å². The largest absolute Gasteiger partial charge is 0.457 e. The fourth-order valence-corrected chi connectivity index (χ4v) is 9.62. The Kier molecular flexibility index (Phi) is 6.75. The van der Waals surface area contributed by atoms with Gasteiger partial charge in [0, 0.05) is 22.7 Å². The van der Waals surface area contributed by atoms with Gasteiger partial charge in [-0.15, -0.1) is 0 Å². The highest BCUT2D eigenvalue weighted by Crippen LogP contribution is 2.70. The van der Waals surface area contributed by atoms with Crippen molar-refractivity contribution in [1.29, 1.82) is 0 Å². The maximum atomic E-state index is 14.2. The summed E-state index contributed by atoms with van der Waals surface area (Å²) in [6.07, 6.45) is 12.2. The highest BCUT2D eigenvalue weighted by Gasteiger charge is 2.76. The van der Waals surface area contributed by atoms with Gasteiger partial charge < -0.3 is 19.3 Å². The lowest BCUT2D eigenvalue weighted by Gasteiger charge is -2.59. The van der Waals surface area contributed by atoms with Crippen molar-refractivity contribution in [3.8, 4) is 0 Å². The summed E-state index contributed by atoms with van der Waals surface area (Å²) < 4.78 is 19.0. The molecule has 6 aliphatic rings. The molecule has 4 saturated carbocycles. The van der Waals surface area contributed by atoms with Gasteiger partial charge in [0.15, 0.2) is 24.3 Å². The third kappa shape index (κ3) is 3.97. The molecule has 0 radical (unpaired) electrons. The Labute approximate surface area is 231 Å². The molecular weight excluding hydrogens is 496 g/mol. The summed E-state index contributed by atoms with van der Waals surface area (Å²) in [5.74, 6) is -0.471. The normalized spacial score (nSPS) is 45.3. The Bertz CT molecular complexity index is 1100. The smallest absolute Gasteiger partial charge is 0.308 e. The molecular formula is C32H44O7. The van der Waals surface area contributed by atoms with Crippen LogP contribution in [-0.2, 0) is 28.6 Å². The average molecular weight is 541 g/mol. The molecule has 0 aromatic heterocycles. The number of Topliss-reactive ketones (excluding diaryl/α,β-unsaturated/α-hetero) is 1. The summed E-state index contributed by atoms with van der Waals surface area (Å²) in [4.78, 5) is 38.7. The first kappa shape index (κ1) is 27.3. The van der Waals surface area contributed by atoms with Crippen molar-refractivity contribution < 1.29 is 33.7 Å². The zero-order valence-corrected chi connectivity index (χ0v) is 23.8. The molecule has 9 atom stereocenters. The van der Waals surface area contributed by atoms with Crippen LogP contribution in [0, 0.1) is 40.4 Å². The van der Waals surface area contributed by atoms with Crippen LogP contribution in [0.3, 0.4) is 0 Å². The van der Waals surface area contributed by atoms with Crippen LogP contribution in [0.2, 0.25) is 0 Å². The van der Waals surface area contributed by atoms with Gasteiger partial charge in [0.05, 0.1) is 18.1 Å². The maximum absolute atomic E-state index is 14.2. The summed E-state index contributed by atoms with van der Waals surface area (Å²) in [7, 11) is 0. The molecule has 5 aliphatic carbocycles. The van der Waals surface area contributed by atoms with Gasteiger partial charge in [0.25, 0.3) is 0 Å². The molecule has 1 heterocycles. The van der Waals surface area contributed by atoms with E-state index in [4.69, 9.17) is 14.2 Å². The Hall–Kier alpha value is -1.83. The van der Waals surface area contributed by atoms with E-state index in [0.717, 1.165) is 44.1 Å². The van der Waals surface area contributed by atoms with Crippen LogP contribution in [-0.4, -0.2) is 53.3 Å². The van der Waals surface area contributed by atoms with Crippen molar-refractivity contribution >= 4 is 17.5 Å². The van der Waals surface area contributed by atoms with Crippen LogP contribution in [0.1, 0.15) is 85.5 Å². The first-order chi connectivity index (χ1) is 18.5. The molecule has 1 aliphatic heterocycles. The average Bonchev–Trinajstić information content (AvgIpc) is 3.41. The van der Waals surface area contributed by atoms with Crippen LogP contribution in [0.5, 0.6) is 0 Å². The molecule has 0 unspecified atom stereocenters. The van der Waals surface area contributed by atoms with Gasteiger partial charge in [-0.2, -0.15) is 0 Å². The molecule has 7 heteroatoms. The quantitative estimate of drug-likeness (QED) is 0.505. The van der Waals surface area contributed by atoms with E-state index in [1.54, 1.807) is 26.0 Å². The number of hydrogen-bond donors (Lipinski definition) is 1. The molecule has 0 amide bonds. The van der Waals surface area contributed by atoms with Gasteiger partial charge in [0.1, 0.15) is 0 Å². The minimum atomic E-state index is -1.25. The monoisotopic (exact) mass is 540 g/mol. The Morgan fingerprint density at radius 1 is 1.15 bits per heavy atom. The van der Waals surface area contributed by atoms with Crippen LogP contribution in [0.25, 0.3) is 0 Å². The third-order valence-corrected chi connectivity index (χ3v) is 11.5. The number of esters is 1. The highest BCUT2D eigenvalue weighted by atomic mass is 16.7. The predicted octanol–water partition coefficient (Wildman–Crippen LogP) is 4.70. The second-order valence-corrected chi connectivity index (χ2v) is 13.9. The molecule has 1 N–H and O–H groups in total. The Balaban J connectivity index is 1.35. The van der Waals surface area contributed by atoms with Gasteiger partial charge in [-0.05, 0) is 62.5 Å². The van der Waals surface area contributed by atoms with E-state index in [1.165, 1.54) is 6.42 Å². The lowest BCUT2D eigenvalue weighted by Crippen LogP contribution is -2.63. The van der Waals surface area contributed by atoms with E-state index >= 15 is 0 Å². The number of rotatable bonds is 5. The van der Waals surface area contributed by atoms with Gasteiger partial charge in [-0.3, -0.25) is 14.4 Å². The minimum absolute atomic E-state index is 0.0162. The van der Waals surface area contributed by atoms with Crippen LogP contribution >= 0.6 is 0 Å². The van der Waals surface area contributed by atoms with E-state index < -0.39 is 35.5 Å².